The highest BCUT2D eigenvalue weighted by Crippen LogP contribution is 2.47. The standard InChI is InChI=1S/C13H16O5S/c1-19(17,18)9-4-5-10(12(14)6-9)11(7-13(15)16)8-2-3-8/h4-6,8,11,14H,2-3,7H2,1H3,(H,15,16). The predicted octanol–water partition coefficient (Wildman–Crippen LogP) is 1.76. The van der Waals surface area contributed by atoms with Gasteiger partial charge in [-0.1, -0.05) is 6.07 Å². The van der Waals surface area contributed by atoms with Crippen molar-refractivity contribution in [1.82, 2.24) is 0 Å². The van der Waals surface area contributed by atoms with Gasteiger partial charge in [0.15, 0.2) is 9.84 Å². The van der Waals surface area contributed by atoms with Crippen LogP contribution in [-0.2, 0) is 14.6 Å². The van der Waals surface area contributed by atoms with Crippen LogP contribution in [0.15, 0.2) is 23.1 Å². The van der Waals surface area contributed by atoms with Crippen LogP contribution in [0, 0.1) is 5.92 Å². The molecule has 0 saturated heterocycles. The molecular formula is C13H16O5S. The first-order chi connectivity index (χ1) is 8.79. The van der Waals surface area contributed by atoms with Gasteiger partial charge in [0.05, 0.1) is 11.3 Å². The maximum atomic E-state index is 11.4. The van der Waals surface area contributed by atoms with E-state index in [0.29, 0.717) is 5.56 Å². The molecule has 2 N–H and O–H groups in total. The molecule has 104 valence electrons. The highest BCUT2D eigenvalue weighted by atomic mass is 32.2. The lowest BCUT2D eigenvalue weighted by molar-refractivity contribution is -0.137. The molecule has 1 saturated carbocycles. The minimum absolute atomic E-state index is 0.0404. The van der Waals surface area contributed by atoms with Crippen LogP contribution in [0.25, 0.3) is 0 Å². The van der Waals surface area contributed by atoms with E-state index in [1.165, 1.54) is 18.2 Å². The second-order valence-electron chi connectivity index (χ2n) is 5.03. The average molecular weight is 284 g/mol. The summed E-state index contributed by atoms with van der Waals surface area (Å²) in [5, 5.41) is 18.9. The summed E-state index contributed by atoms with van der Waals surface area (Å²) < 4.78 is 22.8. The van der Waals surface area contributed by atoms with Crippen LogP contribution in [0.3, 0.4) is 0 Å². The summed E-state index contributed by atoms with van der Waals surface area (Å²) in [6.45, 7) is 0. The molecular weight excluding hydrogens is 268 g/mol. The van der Waals surface area contributed by atoms with Gasteiger partial charge in [-0.2, -0.15) is 0 Å². The van der Waals surface area contributed by atoms with Crippen molar-refractivity contribution in [2.75, 3.05) is 6.26 Å². The quantitative estimate of drug-likeness (QED) is 0.859. The smallest absolute Gasteiger partial charge is 0.303 e. The van der Waals surface area contributed by atoms with Gasteiger partial charge in [0.1, 0.15) is 5.75 Å². The Hall–Kier alpha value is -1.56. The molecule has 1 aromatic rings. The molecule has 0 spiro atoms. The first-order valence-corrected chi connectivity index (χ1v) is 7.93. The van der Waals surface area contributed by atoms with E-state index < -0.39 is 15.8 Å². The van der Waals surface area contributed by atoms with Crippen molar-refractivity contribution < 1.29 is 23.4 Å². The minimum atomic E-state index is -3.37. The van der Waals surface area contributed by atoms with E-state index in [0.717, 1.165) is 19.1 Å². The van der Waals surface area contributed by atoms with Crippen LogP contribution >= 0.6 is 0 Å². The van der Waals surface area contributed by atoms with Crippen molar-refractivity contribution in [3.63, 3.8) is 0 Å². The fraction of sp³-hybridized carbons (Fsp3) is 0.462. The minimum Gasteiger partial charge on any atom is -0.508 e. The van der Waals surface area contributed by atoms with E-state index in [1.807, 2.05) is 0 Å². The van der Waals surface area contributed by atoms with Gasteiger partial charge < -0.3 is 10.2 Å². The third kappa shape index (κ3) is 3.26. The SMILES string of the molecule is CS(=O)(=O)c1ccc(C(CC(=O)O)C2CC2)c(O)c1. The van der Waals surface area contributed by atoms with Crippen molar-refractivity contribution in [2.24, 2.45) is 5.92 Å². The number of phenols is 1. The van der Waals surface area contributed by atoms with Gasteiger partial charge >= 0.3 is 5.97 Å². The Balaban J connectivity index is 2.36. The molecule has 5 nitrogen and oxygen atoms in total. The first kappa shape index (κ1) is 13.9. The number of aliphatic carboxylic acids is 1. The summed E-state index contributed by atoms with van der Waals surface area (Å²) in [6.07, 6.45) is 2.92. The maximum Gasteiger partial charge on any atom is 0.303 e. The number of benzene rings is 1. The molecule has 0 amide bonds. The molecule has 1 fully saturated rings. The second kappa shape index (κ2) is 4.85. The summed E-state index contributed by atoms with van der Waals surface area (Å²) in [5.41, 5.74) is 0.525. The summed E-state index contributed by atoms with van der Waals surface area (Å²) in [6, 6.07) is 4.14. The van der Waals surface area contributed by atoms with E-state index in [2.05, 4.69) is 0 Å². The zero-order valence-electron chi connectivity index (χ0n) is 10.5. The van der Waals surface area contributed by atoms with Crippen molar-refractivity contribution in [3.8, 4) is 5.75 Å². The lowest BCUT2D eigenvalue weighted by Crippen LogP contribution is -2.09. The lowest BCUT2D eigenvalue weighted by atomic mass is 9.90. The zero-order chi connectivity index (χ0) is 14.2. The molecule has 1 atom stereocenters. The topological polar surface area (TPSA) is 91.7 Å². The normalized spacial score (nSPS) is 17.1. The Morgan fingerprint density at radius 3 is 2.47 bits per heavy atom. The Morgan fingerprint density at radius 1 is 1.42 bits per heavy atom. The third-order valence-corrected chi connectivity index (χ3v) is 4.53. The number of phenolic OH excluding ortho intramolecular Hbond substituents is 1. The van der Waals surface area contributed by atoms with Gasteiger partial charge in [-0.05, 0) is 36.5 Å². The molecule has 0 radical (unpaired) electrons. The van der Waals surface area contributed by atoms with Crippen LogP contribution < -0.4 is 0 Å². The summed E-state index contributed by atoms with van der Waals surface area (Å²) >= 11 is 0. The van der Waals surface area contributed by atoms with Crippen molar-refractivity contribution in [2.45, 2.75) is 30.1 Å². The number of carboxylic acid groups (broad SMARTS) is 1. The summed E-state index contributed by atoms with van der Waals surface area (Å²) in [4.78, 5) is 10.9. The average Bonchev–Trinajstić information content (AvgIpc) is 3.08. The first-order valence-electron chi connectivity index (χ1n) is 6.04. The zero-order valence-corrected chi connectivity index (χ0v) is 11.4. The number of carboxylic acids is 1. The van der Waals surface area contributed by atoms with E-state index >= 15 is 0 Å². The summed E-state index contributed by atoms with van der Waals surface area (Å²) in [5.74, 6) is -1.03. The molecule has 1 aliphatic carbocycles. The highest BCUT2D eigenvalue weighted by Gasteiger charge is 2.35. The number of hydrogen-bond donors (Lipinski definition) is 2. The van der Waals surface area contributed by atoms with Crippen LogP contribution in [-0.4, -0.2) is 30.9 Å². The number of rotatable bonds is 5. The Bertz CT molecular complexity index is 601. The fourth-order valence-corrected chi connectivity index (χ4v) is 2.93. The van der Waals surface area contributed by atoms with E-state index in [4.69, 9.17) is 5.11 Å². The highest BCUT2D eigenvalue weighted by molar-refractivity contribution is 7.90. The molecule has 1 unspecified atom stereocenters. The van der Waals surface area contributed by atoms with Crippen LogP contribution in [0.1, 0.15) is 30.7 Å². The van der Waals surface area contributed by atoms with Crippen molar-refractivity contribution in [3.05, 3.63) is 23.8 Å². The summed E-state index contributed by atoms with van der Waals surface area (Å²) in [7, 11) is -3.37. The monoisotopic (exact) mass is 284 g/mol. The van der Waals surface area contributed by atoms with Crippen molar-refractivity contribution >= 4 is 15.8 Å². The molecule has 6 heteroatoms. The molecule has 0 aromatic heterocycles. The third-order valence-electron chi connectivity index (χ3n) is 3.42. The number of hydrogen-bond acceptors (Lipinski definition) is 4. The van der Waals surface area contributed by atoms with Crippen LogP contribution in [0.4, 0.5) is 0 Å². The van der Waals surface area contributed by atoms with Crippen molar-refractivity contribution in [1.29, 1.82) is 0 Å². The molecule has 19 heavy (non-hydrogen) atoms. The van der Waals surface area contributed by atoms with Crippen LogP contribution in [0.5, 0.6) is 5.75 Å². The van der Waals surface area contributed by atoms with Gasteiger partial charge in [-0.15, -0.1) is 0 Å². The Morgan fingerprint density at radius 2 is 2.05 bits per heavy atom. The molecule has 0 bridgehead atoms. The lowest BCUT2D eigenvalue weighted by Gasteiger charge is -2.16. The Kier molecular flexibility index (Phi) is 3.54. The molecule has 1 aromatic carbocycles. The van der Waals surface area contributed by atoms with E-state index in [1.54, 1.807) is 0 Å². The second-order valence-corrected chi connectivity index (χ2v) is 7.05. The van der Waals surface area contributed by atoms with Crippen LogP contribution in [0.2, 0.25) is 0 Å². The number of sulfone groups is 1. The van der Waals surface area contributed by atoms with E-state index in [-0.39, 0.29) is 28.9 Å². The number of aromatic hydroxyl groups is 1. The largest absolute Gasteiger partial charge is 0.508 e. The van der Waals surface area contributed by atoms with Gasteiger partial charge in [-0.25, -0.2) is 8.42 Å². The maximum absolute atomic E-state index is 11.4. The molecule has 1 aliphatic rings. The molecule has 2 rings (SSSR count). The predicted molar refractivity (Wildman–Crippen MR) is 68.9 cm³/mol. The fourth-order valence-electron chi connectivity index (χ4n) is 2.28. The van der Waals surface area contributed by atoms with Gasteiger partial charge in [-0.3, -0.25) is 4.79 Å². The number of carbonyl (C=O) groups is 1. The van der Waals surface area contributed by atoms with Gasteiger partial charge in [0.2, 0.25) is 0 Å². The van der Waals surface area contributed by atoms with Gasteiger partial charge in [0, 0.05) is 12.2 Å². The Labute approximate surface area is 111 Å². The van der Waals surface area contributed by atoms with E-state index in [9.17, 15) is 18.3 Å². The molecule has 0 aliphatic heterocycles. The molecule has 0 heterocycles. The van der Waals surface area contributed by atoms with Gasteiger partial charge in [0.25, 0.3) is 0 Å².